The van der Waals surface area contributed by atoms with Crippen molar-refractivity contribution >= 4 is 17.3 Å². The van der Waals surface area contributed by atoms with Gasteiger partial charge in [-0.25, -0.2) is 0 Å². The average molecular weight is 345 g/mol. The first-order chi connectivity index (χ1) is 12.0. The van der Waals surface area contributed by atoms with Crippen molar-refractivity contribution in [1.29, 1.82) is 0 Å². The Morgan fingerprint density at radius 2 is 1.96 bits per heavy atom. The number of amides is 1. The molecule has 1 amide bonds. The summed E-state index contributed by atoms with van der Waals surface area (Å²) in [4.78, 5) is 14.8. The van der Waals surface area contributed by atoms with Gasteiger partial charge in [0.15, 0.2) is 0 Å². The van der Waals surface area contributed by atoms with E-state index in [2.05, 4.69) is 36.2 Å². The van der Waals surface area contributed by atoms with Gasteiger partial charge in [-0.1, -0.05) is 52.5 Å². The molecule has 0 atom stereocenters. The minimum absolute atomic E-state index is 0.0939. The largest absolute Gasteiger partial charge is 0.372 e. The number of benzene rings is 1. The van der Waals surface area contributed by atoms with Crippen LogP contribution in [0, 0.1) is 11.3 Å². The van der Waals surface area contributed by atoms with Crippen molar-refractivity contribution < 1.29 is 4.79 Å². The number of carbonyl (C=O) groups is 1. The summed E-state index contributed by atoms with van der Waals surface area (Å²) in [5.74, 6) is 1.05. The second-order valence-electron chi connectivity index (χ2n) is 8.11. The van der Waals surface area contributed by atoms with Crippen molar-refractivity contribution in [3.05, 3.63) is 24.3 Å². The molecular weight excluding hydrogens is 308 g/mol. The molecule has 1 fully saturated rings. The standard InChI is InChI=1S/C22H36N2O/c1-5-22(3,4)21(25)23-19-14-9-15-20(17-19)24(6-2)16-10-13-18-11-7-8-12-18/h9,14-15,17-18H,5-8,10-13,16H2,1-4H3,(H,23,25). The molecule has 1 aromatic carbocycles. The van der Waals surface area contributed by atoms with Gasteiger partial charge in [0.05, 0.1) is 0 Å². The predicted octanol–water partition coefficient (Wildman–Crippen LogP) is 5.86. The van der Waals surface area contributed by atoms with Crippen molar-refractivity contribution in [3.63, 3.8) is 0 Å². The summed E-state index contributed by atoms with van der Waals surface area (Å²) in [5, 5.41) is 3.09. The molecule has 0 spiro atoms. The molecule has 0 aliphatic heterocycles. The first kappa shape index (κ1) is 19.8. The van der Waals surface area contributed by atoms with E-state index >= 15 is 0 Å². The molecule has 1 aliphatic rings. The number of rotatable bonds is 9. The summed E-state index contributed by atoms with van der Waals surface area (Å²) >= 11 is 0. The normalized spacial score (nSPS) is 15.4. The molecule has 25 heavy (non-hydrogen) atoms. The van der Waals surface area contributed by atoms with Gasteiger partial charge < -0.3 is 10.2 Å². The molecule has 0 bridgehead atoms. The maximum absolute atomic E-state index is 12.4. The summed E-state index contributed by atoms with van der Waals surface area (Å²) in [5.41, 5.74) is 1.78. The topological polar surface area (TPSA) is 32.3 Å². The van der Waals surface area contributed by atoms with E-state index in [0.29, 0.717) is 0 Å². The zero-order chi connectivity index (χ0) is 18.3. The predicted molar refractivity (Wildman–Crippen MR) is 108 cm³/mol. The fourth-order valence-electron chi connectivity index (χ4n) is 3.58. The lowest BCUT2D eigenvalue weighted by molar-refractivity contribution is -0.124. The van der Waals surface area contributed by atoms with Gasteiger partial charge in [-0.2, -0.15) is 0 Å². The van der Waals surface area contributed by atoms with Crippen LogP contribution >= 0.6 is 0 Å². The van der Waals surface area contributed by atoms with E-state index in [0.717, 1.165) is 31.1 Å². The number of hydrogen-bond donors (Lipinski definition) is 1. The van der Waals surface area contributed by atoms with Gasteiger partial charge in [-0.3, -0.25) is 4.79 Å². The maximum Gasteiger partial charge on any atom is 0.230 e. The fourth-order valence-corrected chi connectivity index (χ4v) is 3.58. The van der Waals surface area contributed by atoms with Crippen LogP contribution < -0.4 is 10.2 Å². The molecule has 0 saturated heterocycles. The number of hydrogen-bond acceptors (Lipinski definition) is 2. The van der Waals surface area contributed by atoms with Crippen LogP contribution in [0.5, 0.6) is 0 Å². The zero-order valence-corrected chi connectivity index (χ0v) is 16.6. The molecule has 1 aromatic rings. The minimum Gasteiger partial charge on any atom is -0.372 e. The lowest BCUT2D eigenvalue weighted by atomic mass is 9.89. The lowest BCUT2D eigenvalue weighted by Gasteiger charge is -2.25. The molecule has 2 rings (SSSR count). The van der Waals surface area contributed by atoms with E-state index in [1.165, 1.54) is 44.2 Å². The van der Waals surface area contributed by atoms with E-state index in [4.69, 9.17) is 0 Å². The van der Waals surface area contributed by atoms with E-state index in [1.807, 2.05) is 26.0 Å². The van der Waals surface area contributed by atoms with Gasteiger partial charge in [0, 0.05) is 29.9 Å². The second kappa shape index (κ2) is 9.26. The number of nitrogens with one attached hydrogen (secondary N) is 1. The van der Waals surface area contributed by atoms with E-state index in [9.17, 15) is 4.79 Å². The molecule has 0 aromatic heterocycles. The summed E-state index contributed by atoms with van der Waals surface area (Å²) < 4.78 is 0. The van der Waals surface area contributed by atoms with Gasteiger partial charge in [-0.05, 0) is 50.3 Å². The minimum atomic E-state index is -0.332. The van der Waals surface area contributed by atoms with Crippen molar-refractivity contribution in [2.45, 2.75) is 72.6 Å². The van der Waals surface area contributed by atoms with Gasteiger partial charge >= 0.3 is 0 Å². The SMILES string of the molecule is CCN(CCCC1CCCC1)c1cccc(NC(=O)C(C)(C)CC)c1. The monoisotopic (exact) mass is 344 g/mol. The van der Waals surface area contributed by atoms with Gasteiger partial charge in [0.25, 0.3) is 0 Å². The summed E-state index contributed by atoms with van der Waals surface area (Å²) in [6.45, 7) is 10.4. The molecule has 0 heterocycles. The Hall–Kier alpha value is -1.51. The summed E-state index contributed by atoms with van der Waals surface area (Å²) in [7, 11) is 0. The number of carbonyl (C=O) groups excluding carboxylic acids is 1. The Balaban J connectivity index is 1.93. The van der Waals surface area contributed by atoms with Crippen molar-refractivity contribution in [2.24, 2.45) is 11.3 Å². The molecule has 1 aliphatic carbocycles. The first-order valence-electron chi connectivity index (χ1n) is 10.1. The lowest BCUT2D eigenvalue weighted by Crippen LogP contribution is -2.30. The van der Waals surface area contributed by atoms with Crippen LogP contribution in [0.2, 0.25) is 0 Å². The van der Waals surface area contributed by atoms with Crippen LogP contribution in [-0.4, -0.2) is 19.0 Å². The molecule has 1 N–H and O–H groups in total. The maximum atomic E-state index is 12.4. The molecule has 0 radical (unpaired) electrons. The third-order valence-electron chi connectivity index (χ3n) is 5.86. The first-order valence-corrected chi connectivity index (χ1v) is 10.1. The second-order valence-corrected chi connectivity index (χ2v) is 8.11. The van der Waals surface area contributed by atoms with Crippen molar-refractivity contribution in [2.75, 3.05) is 23.3 Å². The highest BCUT2D eigenvalue weighted by atomic mass is 16.2. The Bertz CT molecular complexity index is 547. The molecule has 3 heteroatoms. The Labute approximate surface area is 154 Å². The van der Waals surface area contributed by atoms with Crippen LogP contribution in [0.3, 0.4) is 0 Å². The van der Waals surface area contributed by atoms with Crippen LogP contribution in [0.15, 0.2) is 24.3 Å². The van der Waals surface area contributed by atoms with E-state index in [-0.39, 0.29) is 11.3 Å². The van der Waals surface area contributed by atoms with Crippen molar-refractivity contribution in [1.82, 2.24) is 0 Å². The zero-order valence-electron chi connectivity index (χ0n) is 16.6. The number of anilines is 2. The Morgan fingerprint density at radius 1 is 1.24 bits per heavy atom. The van der Waals surface area contributed by atoms with Gasteiger partial charge in [0.1, 0.15) is 0 Å². The molecule has 1 saturated carbocycles. The van der Waals surface area contributed by atoms with E-state index in [1.54, 1.807) is 0 Å². The molecular formula is C22H36N2O. The summed E-state index contributed by atoms with van der Waals surface area (Å²) in [6.07, 6.45) is 9.17. The molecule has 3 nitrogen and oxygen atoms in total. The van der Waals surface area contributed by atoms with Gasteiger partial charge in [0.2, 0.25) is 5.91 Å². The smallest absolute Gasteiger partial charge is 0.230 e. The number of nitrogens with zero attached hydrogens (tertiary/aromatic N) is 1. The Morgan fingerprint density at radius 3 is 2.60 bits per heavy atom. The highest BCUT2D eigenvalue weighted by Crippen LogP contribution is 2.29. The van der Waals surface area contributed by atoms with Crippen LogP contribution in [0.25, 0.3) is 0 Å². The fraction of sp³-hybridized carbons (Fsp3) is 0.682. The average Bonchev–Trinajstić information content (AvgIpc) is 3.12. The van der Waals surface area contributed by atoms with Crippen LogP contribution in [-0.2, 0) is 4.79 Å². The summed E-state index contributed by atoms with van der Waals surface area (Å²) in [6, 6.07) is 8.30. The van der Waals surface area contributed by atoms with Crippen molar-refractivity contribution in [3.8, 4) is 0 Å². The highest BCUT2D eigenvalue weighted by molar-refractivity contribution is 5.95. The molecule has 140 valence electrons. The van der Waals surface area contributed by atoms with Crippen LogP contribution in [0.1, 0.15) is 72.6 Å². The molecule has 0 unspecified atom stereocenters. The highest BCUT2D eigenvalue weighted by Gasteiger charge is 2.25. The van der Waals surface area contributed by atoms with Crippen LogP contribution in [0.4, 0.5) is 11.4 Å². The van der Waals surface area contributed by atoms with E-state index < -0.39 is 0 Å². The van der Waals surface area contributed by atoms with Gasteiger partial charge in [-0.15, -0.1) is 0 Å². The third kappa shape index (κ3) is 5.76. The quantitative estimate of drug-likeness (QED) is 0.608. The Kier molecular flexibility index (Phi) is 7.34. The third-order valence-corrected chi connectivity index (χ3v) is 5.86.